The molecule has 0 aliphatic rings. The van der Waals surface area contributed by atoms with Crippen LogP contribution < -0.4 is 9.74 Å². The van der Waals surface area contributed by atoms with Gasteiger partial charge in [0.25, 0.3) is 0 Å². The molecule has 1 N–H and O–H groups in total. The van der Waals surface area contributed by atoms with Gasteiger partial charge in [-0.25, -0.2) is 9.97 Å². The number of hydrogen-bond acceptors (Lipinski definition) is 5. The normalized spacial score (nSPS) is 10.4. The van der Waals surface area contributed by atoms with Crippen LogP contribution >= 0.6 is 11.8 Å². The van der Waals surface area contributed by atoms with Gasteiger partial charge in [0.1, 0.15) is 6.33 Å². The Balaban J connectivity index is 2.78. The van der Waals surface area contributed by atoms with Gasteiger partial charge in [0, 0.05) is 24.4 Å². The molecule has 0 fully saturated rings. The second-order valence-corrected chi connectivity index (χ2v) is 3.49. The van der Waals surface area contributed by atoms with Crippen molar-refractivity contribution in [3.05, 3.63) is 6.33 Å². The van der Waals surface area contributed by atoms with Crippen molar-refractivity contribution >= 4 is 23.7 Å². The number of aromatic nitrogens is 3. The van der Waals surface area contributed by atoms with Crippen LogP contribution in [0, 0.1) is 0 Å². The highest BCUT2D eigenvalue weighted by molar-refractivity contribution is 6.24. The first kappa shape index (κ1) is 11.0. The molecule has 0 saturated carbocycles. The Hall–Kier alpha value is -1.10. The van der Waals surface area contributed by atoms with Crippen LogP contribution in [0.2, 0.25) is 0 Å². The van der Waals surface area contributed by atoms with Crippen LogP contribution in [-0.2, 0) is 0 Å². The average molecular weight is 216 g/mol. The lowest BCUT2D eigenvalue weighted by molar-refractivity contribution is 0.861. The van der Waals surface area contributed by atoms with E-state index < -0.39 is 0 Å². The lowest BCUT2D eigenvalue weighted by Gasteiger charge is -2.12. The minimum absolute atomic E-state index is 0.288. The molecule has 0 amide bonds. The molecule has 0 aromatic carbocycles. The van der Waals surface area contributed by atoms with Crippen molar-refractivity contribution in [2.45, 2.75) is 26.8 Å². The summed E-state index contributed by atoms with van der Waals surface area (Å²) in [4.78, 5) is 12.1. The molecule has 0 saturated heterocycles. The van der Waals surface area contributed by atoms with E-state index in [9.17, 15) is 0 Å². The lowest BCUT2D eigenvalue weighted by atomic mass is 10.4. The molecule has 0 aliphatic heterocycles. The third-order valence-electron chi connectivity index (χ3n) is 1.47. The van der Waals surface area contributed by atoms with E-state index in [0.717, 1.165) is 0 Å². The molecule has 6 heteroatoms. The molecule has 0 bridgehead atoms. The van der Waals surface area contributed by atoms with Crippen LogP contribution in [0.4, 0.5) is 11.9 Å². The van der Waals surface area contributed by atoms with Gasteiger partial charge in [-0.1, -0.05) is 0 Å². The Morgan fingerprint density at radius 2 is 2.21 bits per heavy atom. The Labute approximate surface area is 88.6 Å². The third kappa shape index (κ3) is 2.99. The van der Waals surface area contributed by atoms with Crippen LogP contribution in [0.5, 0.6) is 0 Å². The maximum absolute atomic E-state index is 5.85. The summed E-state index contributed by atoms with van der Waals surface area (Å²) in [6.07, 6.45) is 1.44. The van der Waals surface area contributed by atoms with E-state index in [4.69, 9.17) is 11.8 Å². The van der Waals surface area contributed by atoms with Crippen LogP contribution in [0.3, 0.4) is 0 Å². The number of rotatable bonds is 4. The average Bonchev–Trinajstić information content (AvgIpc) is 2.16. The molecule has 1 aromatic rings. The predicted octanol–water partition coefficient (Wildman–Crippen LogP) is 1.67. The number of hydrogen-bond donors (Lipinski definition) is 1. The molecule has 14 heavy (non-hydrogen) atoms. The Bertz CT molecular complexity index is 291. The number of halogens is 1. The monoisotopic (exact) mass is 215 g/mol. The van der Waals surface area contributed by atoms with E-state index in [1.165, 1.54) is 10.7 Å². The summed E-state index contributed by atoms with van der Waals surface area (Å²) in [6.45, 7) is 6.60. The number of nitrogens with one attached hydrogen (secondary N) is 1. The minimum Gasteiger partial charge on any atom is -0.352 e. The quantitative estimate of drug-likeness (QED) is 0.775. The smallest absolute Gasteiger partial charge is 0.244 e. The van der Waals surface area contributed by atoms with E-state index in [0.29, 0.717) is 18.4 Å². The summed E-state index contributed by atoms with van der Waals surface area (Å²) in [6, 6.07) is 0.288. The summed E-state index contributed by atoms with van der Waals surface area (Å²) in [5, 5.41) is 3.08. The van der Waals surface area contributed by atoms with Gasteiger partial charge in [0.2, 0.25) is 11.9 Å². The van der Waals surface area contributed by atoms with Gasteiger partial charge < -0.3 is 5.32 Å². The molecule has 0 radical (unpaired) electrons. The van der Waals surface area contributed by atoms with Gasteiger partial charge >= 0.3 is 0 Å². The summed E-state index contributed by atoms with van der Waals surface area (Å²) >= 11 is 5.85. The van der Waals surface area contributed by atoms with Crippen LogP contribution in [-0.4, -0.2) is 27.5 Å². The van der Waals surface area contributed by atoms with Crippen LogP contribution in [0.15, 0.2) is 6.33 Å². The predicted molar refractivity (Wildman–Crippen MR) is 57.5 cm³/mol. The molecule has 1 rings (SSSR count). The first-order chi connectivity index (χ1) is 6.63. The highest BCUT2D eigenvalue weighted by Gasteiger charge is 2.06. The van der Waals surface area contributed by atoms with Crippen molar-refractivity contribution in [2.75, 3.05) is 16.3 Å². The molecule has 0 aliphatic carbocycles. The molecule has 1 aromatic heterocycles. The maximum Gasteiger partial charge on any atom is 0.244 e. The zero-order valence-electron chi connectivity index (χ0n) is 8.53. The third-order valence-corrected chi connectivity index (χ3v) is 1.86. The lowest BCUT2D eigenvalue weighted by Crippen LogP contribution is -2.16. The van der Waals surface area contributed by atoms with Gasteiger partial charge in [-0.3, -0.25) is 4.42 Å². The number of anilines is 2. The fraction of sp³-hybridized carbons (Fsp3) is 0.625. The van der Waals surface area contributed by atoms with Crippen molar-refractivity contribution in [3.8, 4) is 0 Å². The topological polar surface area (TPSA) is 53.9 Å². The zero-order valence-corrected chi connectivity index (χ0v) is 9.28. The van der Waals surface area contributed by atoms with Gasteiger partial charge in [0.15, 0.2) is 0 Å². The SMILES string of the molecule is CCN(Cl)c1ncnc(NC(C)C)n1. The van der Waals surface area contributed by atoms with Crippen molar-refractivity contribution in [1.82, 2.24) is 15.0 Å². The fourth-order valence-electron chi connectivity index (χ4n) is 0.874. The van der Waals surface area contributed by atoms with Crippen molar-refractivity contribution in [3.63, 3.8) is 0 Å². The van der Waals surface area contributed by atoms with E-state index >= 15 is 0 Å². The zero-order chi connectivity index (χ0) is 10.6. The van der Waals surface area contributed by atoms with Gasteiger partial charge in [-0.05, 0) is 20.8 Å². The Morgan fingerprint density at radius 3 is 2.79 bits per heavy atom. The summed E-state index contributed by atoms with van der Waals surface area (Å²) in [7, 11) is 0. The van der Waals surface area contributed by atoms with Crippen molar-refractivity contribution in [1.29, 1.82) is 0 Å². The second kappa shape index (κ2) is 4.95. The maximum atomic E-state index is 5.85. The van der Waals surface area contributed by atoms with E-state index in [-0.39, 0.29) is 6.04 Å². The standard InChI is InChI=1S/C8H14ClN5/c1-4-14(9)8-11-5-10-7(13-8)12-6(2)3/h5-6H,4H2,1-3H3,(H,10,11,12,13). The number of nitrogens with zero attached hydrogens (tertiary/aromatic N) is 4. The van der Waals surface area contributed by atoms with E-state index in [1.54, 1.807) is 0 Å². The largest absolute Gasteiger partial charge is 0.352 e. The first-order valence-corrected chi connectivity index (χ1v) is 4.86. The molecule has 0 spiro atoms. The fourth-order valence-corrected chi connectivity index (χ4v) is 0.955. The molecule has 0 unspecified atom stereocenters. The summed E-state index contributed by atoms with van der Waals surface area (Å²) in [5.41, 5.74) is 0. The molecule has 0 atom stereocenters. The highest BCUT2D eigenvalue weighted by atomic mass is 35.5. The van der Waals surface area contributed by atoms with Gasteiger partial charge in [0.05, 0.1) is 0 Å². The second-order valence-electron chi connectivity index (χ2n) is 3.09. The van der Waals surface area contributed by atoms with Crippen LogP contribution in [0.25, 0.3) is 0 Å². The highest BCUT2D eigenvalue weighted by Crippen LogP contribution is 2.10. The molecule has 5 nitrogen and oxygen atoms in total. The summed E-state index contributed by atoms with van der Waals surface area (Å²) in [5.74, 6) is 1.01. The molecular weight excluding hydrogens is 202 g/mol. The molecule has 78 valence electrons. The minimum atomic E-state index is 0.288. The van der Waals surface area contributed by atoms with Crippen LogP contribution in [0.1, 0.15) is 20.8 Å². The summed E-state index contributed by atoms with van der Waals surface area (Å²) < 4.78 is 1.44. The molecular formula is C8H14ClN5. The van der Waals surface area contributed by atoms with Crippen molar-refractivity contribution in [2.24, 2.45) is 0 Å². The molecule has 1 heterocycles. The Kier molecular flexibility index (Phi) is 3.88. The van der Waals surface area contributed by atoms with E-state index in [2.05, 4.69) is 20.3 Å². The first-order valence-electron chi connectivity index (χ1n) is 4.52. The van der Waals surface area contributed by atoms with Gasteiger partial charge in [-0.15, -0.1) is 0 Å². The van der Waals surface area contributed by atoms with Crippen molar-refractivity contribution < 1.29 is 0 Å². The Morgan fingerprint density at radius 1 is 1.50 bits per heavy atom. The van der Waals surface area contributed by atoms with Gasteiger partial charge in [-0.2, -0.15) is 4.98 Å². The van der Waals surface area contributed by atoms with E-state index in [1.807, 2.05) is 20.8 Å².